The van der Waals surface area contributed by atoms with E-state index in [0.717, 1.165) is 24.2 Å². The van der Waals surface area contributed by atoms with E-state index in [-0.39, 0.29) is 17.9 Å². The van der Waals surface area contributed by atoms with Crippen molar-refractivity contribution in [3.8, 4) is 0 Å². The van der Waals surface area contributed by atoms with Crippen molar-refractivity contribution in [3.05, 3.63) is 66.2 Å². The summed E-state index contributed by atoms with van der Waals surface area (Å²) in [6, 6.07) is 19.8. The van der Waals surface area contributed by atoms with Gasteiger partial charge in [-0.3, -0.25) is 9.59 Å². The summed E-state index contributed by atoms with van der Waals surface area (Å²) in [6.07, 6.45) is 6.41. The maximum Gasteiger partial charge on any atom is 0.242 e. The van der Waals surface area contributed by atoms with Crippen LogP contribution in [-0.4, -0.2) is 41.1 Å². The smallest absolute Gasteiger partial charge is 0.242 e. The molecule has 0 aromatic heterocycles. The molecule has 0 spiro atoms. The van der Waals surface area contributed by atoms with Crippen LogP contribution in [0.3, 0.4) is 0 Å². The fraction of sp³-hybridized carbons (Fsp3) is 0.440. The van der Waals surface area contributed by atoms with Gasteiger partial charge in [0.2, 0.25) is 11.8 Å². The molecule has 1 atom stereocenters. The van der Waals surface area contributed by atoms with Crippen molar-refractivity contribution >= 4 is 23.6 Å². The number of nitrogens with zero attached hydrogens (tertiary/aromatic N) is 1. The minimum absolute atomic E-state index is 0.00563. The Hall–Kier alpha value is -2.27. The number of carbonyl (C=O) groups excluding carboxylic acids is 2. The summed E-state index contributed by atoms with van der Waals surface area (Å²) in [5.74, 6) is 0.305. The number of thioether (sulfide) groups is 1. The van der Waals surface area contributed by atoms with E-state index in [1.54, 1.807) is 4.90 Å². The van der Waals surface area contributed by atoms with E-state index in [9.17, 15) is 9.59 Å². The standard InChI is InChI=1S/C25H32N2O2S/c1-20(25(29)26-22-13-7-3-8-14-22)27(18-17-21-11-5-2-6-12-21)24(28)19-30-23-15-9-4-10-16-23/h2,4-6,9-12,15-16,20,22H,3,7-8,13-14,17-19H2,1H3,(H,26,29)/t20-/m1/s1. The summed E-state index contributed by atoms with van der Waals surface area (Å²) < 4.78 is 0. The van der Waals surface area contributed by atoms with Gasteiger partial charge in [-0.05, 0) is 43.9 Å². The largest absolute Gasteiger partial charge is 0.352 e. The molecule has 0 unspecified atom stereocenters. The van der Waals surface area contributed by atoms with Gasteiger partial charge in [-0.2, -0.15) is 0 Å². The summed E-state index contributed by atoms with van der Waals surface area (Å²) in [6.45, 7) is 2.39. The van der Waals surface area contributed by atoms with Gasteiger partial charge in [-0.15, -0.1) is 11.8 Å². The van der Waals surface area contributed by atoms with Gasteiger partial charge in [-0.1, -0.05) is 67.8 Å². The van der Waals surface area contributed by atoms with Gasteiger partial charge in [0.15, 0.2) is 0 Å². The van der Waals surface area contributed by atoms with E-state index in [0.29, 0.717) is 12.3 Å². The van der Waals surface area contributed by atoms with Crippen LogP contribution in [0.15, 0.2) is 65.6 Å². The predicted molar refractivity (Wildman–Crippen MR) is 124 cm³/mol. The van der Waals surface area contributed by atoms with E-state index < -0.39 is 6.04 Å². The number of benzene rings is 2. The number of hydrogen-bond acceptors (Lipinski definition) is 3. The molecule has 1 aliphatic carbocycles. The van der Waals surface area contributed by atoms with Gasteiger partial charge < -0.3 is 10.2 Å². The minimum Gasteiger partial charge on any atom is -0.352 e. The molecular weight excluding hydrogens is 392 g/mol. The Kier molecular flexibility index (Phi) is 8.81. The molecule has 0 heterocycles. The third-order valence-corrected chi connectivity index (χ3v) is 6.71. The monoisotopic (exact) mass is 424 g/mol. The second-order valence-corrected chi connectivity index (χ2v) is 8.99. The van der Waals surface area contributed by atoms with Crippen molar-refractivity contribution in [2.24, 2.45) is 0 Å². The topological polar surface area (TPSA) is 49.4 Å². The van der Waals surface area contributed by atoms with Crippen LogP contribution in [0.4, 0.5) is 0 Å². The van der Waals surface area contributed by atoms with Gasteiger partial charge >= 0.3 is 0 Å². The van der Waals surface area contributed by atoms with Crippen molar-refractivity contribution in [1.82, 2.24) is 10.2 Å². The molecule has 5 heteroatoms. The van der Waals surface area contributed by atoms with E-state index in [1.165, 1.54) is 36.6 Å². The molecule has 3 rings (SSSR count). The first-order valence-electron chi connectivity index (χ1n) is 10.9. The highest BCUT2D eigenvalue weighted by molar-refractivity contribution is 8.00. The molecule has 0 aliphatic heterocycles. The van der Waals surface area contributed by atoms with Gasteiger partial charge in [0.05, 0.1) is 5.75 Å². The Morgan fingerprint density at radius 2 is 1.63 bits per heavy atom. The third kappa shape index (κ3) is 6.91. The first kappa shape index (κ1) is 22.4. The van der Waals surface area contributed by atoms with Crippen molar-refractivity contribution in [2.75, 3.05) is 12.3 Å². The summed E-state index contributed by atoms with van der Waals surface area (Å²) in [7, 11) is 0. The first-order chi connectivity index (χ1) is 14.6. The Balaban J connectivity index is 1.63. The quantitative estimate of drug-likeness (QED) is 0.594. The minimum atomic E-state index is -0.473. The van der Waals surface area contributed by atoms with Crippen LogP contribution in [0.25, 0.3) is 0 Å². The lowest BCUT2D eigenvalue weighted by Crippen LogP contribution is -2.51. The average Bonchev–Trinajstić information content (AvgIpc) is 2.79. The van der Waals surface area contributed by atoms with Crippen LogP contribution < -0.4 is 5.32 Å². The van der Waals surface area contributed by atoms with Gasteiger partial charge in [-0.25, -0.2) is 0 Å². The zero-order valence-corrected chi connectivity index (χ0v) is 18.6. The van der Waals surface area contributed by atoms with Crippen LogP contribution in [0.2, 0.25) is 0 Å². The molecule has 160 valence electrons. The van der Waals surface area contributed by atoms with Gasteiger partial charge in [0.25, 0.3) is 0 Å². The normalized spacial score (nSPS) is 15.4. The lowest BCUT2D eigenvalue weighted by Gasteiger charge is -2.31. The third-order valence-electron chi connectivity index (χ3n) is 5.71. The van der Waals surface area contributed by atoms with Crippen LogP contribution in [0.5, 0.6) is 0 Å². The molecule has 30 heavy (non-hydrogen) atoms. The van der Waals surface area contributed by atoms with Crippen LogP contribution in [0.1, 0.15) is 44.6 Å². The van der Waals surface area contributed by atoms with Crippen LogP contribution >= 0.6 is 11.8 Å². The highest BCUT2D eigenvalue weighted by Gasteiger charge is 2.27. The first-order valence-corrected chi connectivity index (χ1v) is 11.9. The summed E-state index contributed by atoms with van der Waals surface area (Å²) >= 11 is 1.52. The summed E-state index contributed by atoms with van der Waals surface area (Å²) in [5, 5.41) is 3.19. The Morgan fingerprint density at radius 1 is 1.00 bits per heavy atom. The summed E-state index contributed by atoms with van der Waals surface area (Å²) in [4.78, 5) is 28.8. The number of hydrogen-bond donors (Lipinski definition) is 1. The highest BCUT2D eigenvalue weighted by atomic mass is 32.2. The van der Waals surface area contributed by atoms with Crippen LogP contribution in [-0.2, 0) is 16.0 Å². The summed E-state index contributed by atoms with van der Waals surface area (Å²) in [5.41, 5.74) is 1.17. The molecule has 2 amide bonds. The number of nitrogens with one attached hydrogen (secondary N) is 1. The maximum atomic E-state index is 13.1. The lowest BCUT2D eigenvalue weighted by molar-refractivity contribution is -0.138. The molecule has 0 bridgehead atoms. The molecule has 1 fully saturated rings. The number of carbonyl (C=O) groups is 2. The van der Waals surface area contributed by atoms with Crippen molar-refractivity contribution < 1.29 is 9.59 Å². The molecule has 1 N–H and O–H groups in total. The number of rotatable bonds is 9. The fourth-order valence-electron chi connectivity index (χ4n) is 3.88. The molecule has 1 saturated carbocycles. The SMILES string of the molecule is C[C@H](C(=O)NC1CCCCC1)N(CCc1ccccc1)C(=O)CSc1ccccc1. The molecule has 2 aromatic rings. The van der Waals surface area contributed by atoms with Crippen molar-refractivity contribution in [1.29, 1.82) is 0 Å². The number of amides is 2. The second kappa shape index (κ2) is 11.8. The van der Waals surface area contributed by atoms with E-state index in [2.05, 4.69) is 17.4 Å². The zero-order chi connectivity index (χ0) is 21.2. The second-order valence-electron chi connectivity index (χ2n) is 7.94. The lowest BCUT2D eigenvalue weighted by atomic mass is 9.95. The average molecular weight is 425 g/mol. The zero-order valence-electron chi connectivity index (χ0n) is 17.8. The predicted octanol–water partition coefficient (Wildman–Crippen LogP) is 4.69. The highest BCUT2D eigenvalue weighted by Crippen LogP contribution is 2.20. The molecular formula is C25H32N2O2S. The molecule has 4 nitrogen and oxygen atoms in total. The van der Waals surface area contributed by atoms with Crippen LogP contribution in [0, 0.1) is 0 Å². The van der Waals surface area contributed by atoms with Gasteiger partial charge in [0, 0.05) is 17.5 Å². The Bertz CT molecular complexity index is 791. The van der Waals surface area contributed by atoms with E-state index >= 15 is 0 Å². The molecule has 2 aromatic carbocycles. The van der Waals surface area contributed by atoms with Crippen molar-refractivity contribution in [3.63, 3.8) is 0 Å². The Morgan fingerprint density at radius 3 is 2.30 bits per heavy atom. The van der Waals surface area contributed by atoms with E-state index in [4.69, 9.17) is 0 Å². The van der Waals surface area contributed by atoms with Gasteiger partial charge in [0.1, 0.15) is 6.04 Å². The molecule has 0 saturated heterocycles. The maximum absolute atomic E-state index is 13.1. The Labute approximate surface area is 184 Å². The van der Waals surface area contributed by atoms with Crippen molar-refractivity contribution in [2.45, 2.75) is 62.4 Å². The molecule has 0 radical (unpaired) electrons. The van der Waals surface area contributed by atoms with E-state index in [1.807, 2.05) is 55.5 Å². The fourth-order valence-corrected chi connectivity index (χ4v) is 4.69. The molecule has 1 aliphatic rings.